The van der Waals surface area contributed by atoms with Crippen molar-refractivity contribution >= 4 is 22.7 Å². The molecule has 25 heavy (non-hydrogen) atoms. The molecule has 3 heterocycles. The number of carbonyl (C=O) groups excluding carboxylic acids is 1. The first-order chi connectivity index (χ1) is 12.2. The molecule has 126 valence electrons. The molecule has 1 amide bonds. The van der Waals surface area contributed by atoms with Crippen LogP contribution in [0.25, 0.3) is 16.7 Å². The highest BCUT2D eigenvalue weighted by molar-refractivity contribution is 5.79. The monoisotopic (exact) mass is 336 g/mol. The molecule has 4 aromatic rings. The summed E-state index contributed by atoms with van der Waals surface area (Å²) in [7, 11) is 0. The first kappa shape index (κ1) is 15.2. The van der Waals surface area contributed by atoms with Crippen LogP contribution in [-0.4, -0.2) is 26.4 Å². The third kappa shape index (κ3) is 3.03. The summed E-state index contributed by atoms with van der Waals surface area (Å²) in [4.78, 5) is 28.5. The quantitative estimate of drug-likeness (QED) is 0.600. The Bertz CT molecular complexity index is 1070. The fourth-order valence-electron chi connectivity index (χ4n) is 2.80. The van der Waals surface area contributed by atoms with Crippen molar-refractivity contribution < 1.29 is 9.21 Å². The van der Waals surface area contributed by atoms with Crippen LogP contribution >= 0.6 is 0 Å². The van der Waals surface area contributed by atoms with Gasteiger partial charge in [-0.15, -0.1) is 0 Å². The van der Waals surface area contributed by atoms with Gasteiger partial charge < -0.3 is 14.1 Å². The lowest BCUT2D eigenvalue weighted by atomic mass is 10.3. The first-order valence-corrected chi connectivity index (χ1v) is 7.98. The van der Waals surface area contributed by atoms with E-state index in [2.05, 4.69) is 10.3 Å². The minimum Gasteiger partial charge on any atom is -0.408 e. The number of amides is 1. The van der Waals surface area contributed by atoms with Gasteiger partial charge in [-0.05, 0) is 24.3 Å². The highest BCUT2D eigenvalue weighted by atomic mass is 16.4. The van der Waals surface area contributed by atoms with E-state index in [9.17, 15) is 9.59 Å². The van der Waals surface area contributed by atoms with E-state index in [-0.39, 0.29) is 12.5 Å². The molecule has 1 aromatic carbocycles. The number of fused-ring (bicyclic) bond motifs is 2. The number of hydrogen-bond acceptors (Lipinski definition) is 4. The maximum atomic E-state index is 12.1. The second-order valence-electron chi connectivity index (χ2n) is 5.72. The summed E-state index contributed by atoms with van der Waals surface area (Å²) in [5, 5.41) is 2.82. The van der Waals surface area contributed by atoms with Crippen molar-refractivity contribution in [3.05, 3.63) is 71.1 Å². The molecule has 0 saturated heterocycles. The molecule has 7 heteroatoms. The lowest BCUT2D eigenvalue weighted by Crippen LogP contribution is -2.32. The van der Waals surface area contributed by atoms with Crippen molar-refractivity contribution in [1.82, 2.24) is 19.3 Å². The van der Waals surface area contributed by atoms with Gasteiger partial charge in [-0.3, -0.25) is 9.36 Å². The van der Waals surface area contributed by atoms with Gasteiger partial charge in [0.25, 0.3) is 0 Å². The number of hydrogen-bond donors (Lipinski definition) is 1. The molecule has 0 fully saturated rings. The number of oxazole rings is 1. The molecule has 0 bridgehead atoms. The SMILES string of the molecule is O=C(Cn1c(=O)oc2ccccc21)NCCc1cn2ccccc2n1. The van der Waals surface area contributed by atoms with Gasteiger partial charge in [-0.2, -0.15) is 0 Å². The van der Waals surface area contributed by atoms with Crippen molar-refractivity contribution in [2.45, 2.75) is 13.0 Å². The fourth-order valence-corrected chi connectivity index (χ4v) is 2.80. The van der Waals surface area contributed by atoms with Gasteiger partial charge in [0.1, 0.15) is 12.2 Å². The summed E-state index contributed by atoms with van der Waals surface area (Å²) in [6, 6.07) is 12.8. The molecule has 0 aliphatic carbocycles. The minimum absolute atomic E-state index is 0.0684. The van der Waals surface area contributed by atoms with Crippen LogP contribution in [0.15, 0.2) is 64.1 Å². The molecular weight excluding hydrogens is 320 g/mol. The maximum absolute atomic E-state index is 12.1. The summed E-state index contributed by atoms with van der Waals surface area (Å²) >= 11 is 0. The Kier molecular flexibility index (Phi) is 3.81. The van der Waals surface area contributed by atoms with E-state index in [1.807, 2.05) is 35.0 Å². The van der Waals surface area contributed by atoms with E-state index < -0.39 is 5.76 Å². The van der Waals surface area contributed by atoms with Crippen molar-refractivity contribution in [3.63, 3.8) is 0 Å². The Hall–Kier alpha value is -3.35. The topological polar surface area (TPSA) is 81.5 Å². The van der Waals surface area contributed by atoms with Crippen molar-refractivity contribution in [2.24, 2.45) is 0 Å². The zero-order chi connectivity index (χ0) is 17.2. The minimum atomic E-state index is -0.531. The van der Waals surface area contributed by atoms with Crippen LogP contribution in [0.2, 0.25) is 0 Å². The Balaban J connectivity index is 1.39. The summed E-state index contributed by atoms with van der Waals surface area (Å²) in [6.45, 7) is 0.383. The molecule has 7 nitrogen and oxygen atoms in total. The fraction of sp³-hybridized carbons (Fsp3) is 0.167. The molecule has 0 unspecified atom stereocenters. The summed E-state index contributed by atoms with van der Waals surface area (Å²) in [5.74, 6) is -0.769. The Morgan fingerprint density at radius 2 is 2.00 bits per heavy atom. The summed E-state index contributed by atoms with van der Waals surface area (Å²) in [5.41, 5.74) is 2.87. The molecule has 0 spiro atoms. The maximum Gasteiger partial charge on any atom is 0.420 e. The number of rotatable bonds is 5. The Morgan fingerprint density at radius 3 is 2.88 bits per heavy atom. The number of pyridine rings is 1. The summed E-state index contributed by atoms with van der Waals surface area (Å²) < 4.78 is 8.39. The van der Waals surface area contributed by atoms with Crippen LogP contribution in [0.4, 0.5) is 0 Å². The summed E-state index contributed by atoms with van der Waals surface area (Å²) in [6.07, 6.45) is 4.49. The average Bonchev–Trinajstić information content (AvgIpc) is 3.16. The van der Waals surface area contributed by atoms with Gasteiger partial charge in [-0.25, -0.2) is 9.78 Å². The molecular formula is C18H16N4O3. The van der Waals surface area contributed by atoms with Gasteiger partial charge in [0.15, 0.2) is 5.58 Å². The van der Waals surface area contributed by atoms with E-state index in [0.29, 0.717) is 24.1 Å². The lowest BCUT2D eigenvalue weighted by Gasteiger charge is -2.04. The Labute approximate surface area is 142 Å². The average molecular weight is 336 g/mol. The molecule has 4 rings (SSSR count). The second-order valence-corrected chi connectivity index (χ2v) is 5.72. The van der Waals surface area contributed by atoms with Gasteiger partial charge >= 0.3 is 5.76 Å². The standard InChI is InChI=1S/C18H16N4O3/c23-17(12-22-14-5-1-2-6-15(14)25-18(22)24)19-9-8-13-11-21-10-4-3-7-16(21)20-13/h1-7,10-11H,8-9,12H2,(H,19,23). The highest BCUT2D eigenvalue weighted by Gasteiger charge is 2.12. The van der Waals surface area contributed by atoms with E-state index in [1.54, 1.807) is 24.3 Å². The van der Waals surface area contributed by atoms with Crippen molar-refractivity contribution in [3.8, 4) is 0 Å². The first-order valence-electron chi connectivity index (χ1n) is 7.98. The van der Waals surface area contributed by atoms with Crippen LogP contribution in [-0.2, 0) is 17.8 Å². The van der Waals surface area contributed by atoms with Crippen molar-refractivity contribution in [2.75, 3.05) is 6.54 Å². The van der Waals surface area contributed by atoms with Crippen LogP contribution in [0.3, 0.4) is 0 Å². The zero-order valence-electron chi connectivity index (χ0n) is 13.4. The number of benzene rings is 1. The molecule has 0 saturated carbocycles. The van der Waals surface area contributed by atoms with Crippen LogP contribution in [0.1, 0.15) is 5.69 Å². The number of imidazole rings is 1. The van der Waals surface area contributed by atoms with Gasteiger partial charge in [0.05, 0.1) is 11.2 Å². The second kappa shape index (κ2) is 6.27. The van der Waals surface area contributed by atoms with Crippen molar-refractivity contribution in [1.29, 1.82) is 0 Å². The molecule has 1 N–H and O–H groups in total. The number of carbonyl (C=O) groups is 1. The van der Waals surface area contributed by atoms with Crippen LogP contribution < -0.4 is 11.1 Å². The smallest absolute Gasteiger partial charge is 0.408 e. The Morgan fingerprint density at radius 1 is 1.16 bits per heavy atom. The highest BCUT2D eigenvalue weighted by Crippen LogP contribution is 2.11. The van der Waals surface area contributed by atoms with Gasteiger partial charge in [0, 0.05) is 25.4 Å². The van der Waals surface area contributed by atoms with Crippen LogP contribution in [0, 0.1) is 0 Å². The molecule has 0 aliphatic rings. The third-order valence-electron chi connectivity index (χ3n) is 3.99. The van der Waals surface area contributed by atoms with E-state index in [4.69, 9.17) is 4.42 Å². The number of para-hydroxylation sites is 2. The molecule has 0 aliphatic heterocycles. The van der Waals surface area contributed by atoms with Gasteiger partial charge in [0.2, 0.25) is 5.91 Å². The normalized spacial score (nSPS) is 11.2. The molecule has 0 radical (unpaired) electrons. The number of nitrogens with zero attached hydrogens (tertiary/aromatic N) is 3. The number of nitrogens with one attached hydrogen (secondary N) is 1. The van der Waals surface area contributed by atoms with Crippen LogP contribution in [0.5, 0.6) is 0 Å². The van der Waals surface area contributed by atoms with E-state index in [0.717, 1.165) is 11.3 Å². The molecule has 3 aromatic heterocycles. The third-order valence-corrected chi connectivity index (χ3v) is 3.99. The number of aromatic nitrogens is 3. The largest absolute Gasteiger partial charge is 0.420 e. The molecule has 0 atom stereocenters. The van der Waals surface area contributed by atoms with Gasteiger partial charge in [-0.1, -0.05) is 18.2 Å². The predicted octanol–water partition coefficient (Wildman–Crippen LogP) is 1.60. The lowest BCUT2D eigenvalue weighted by molar-refractivity contribution is -0.121. The predicted molar refractivity (Wildman–Crippen MR) is 92.4 cm³/mol. The zero-order valence-corrected chi connectivity index (χ0v) is 13.4. The van der Waals surface area contributed by atoms with E-state index in [1.165, 1.54) is 4.57 Å². The van der Waals surface area contributed by atoms with E-state index >= 15 is 0 Å².